The van der Waals surface area contributed by atoms with Crippen LogP contribution < -0.4 is 0 Å². The Labute approximate surface area is 166 Å². The van der Waals surface area contributed by atoms with E-state index >= 15 is 0 Å². The Morgan fingerprint density at radius 1 is 1.14 bits per heavy atom. The van der Waals surface area contributed by atoms with Crippen LogP contribution in [0.15, 0.2) is 24.5 Å². The molecule has 4 saturated heterocycles. The predicted molar refractivity (Wildman–Crippen MR) is 105 cm³/mol. The molecule has 4 fully saturated rings. The first kappa shape index (κ1) is 18.2. The molecule has 5 rings (SSSR count). The molecular formula is C22H31N3O3. The van der Waals surface area contributed by atoms with E-state index in [0.29, 0.717) is 36.6 Å². The van der Waals surface area contributed by atoms with Gasteiger partial charge < -0.3 is 19.1 Å². The Morgan fingerprint density at radius 2 is 1.93 bits per heavy atom. The fraction of sp³-hybridized carbons (Fsp3) is 0.727. The number of amides is 2. The van der Waals surface area contributed by atoms with Gasteiger partial charge in [-0.3, -0.25) is 9.59 Å². The minimum atomic E-state index is -0.155. The maximum absolute atomic E-state index is 13.4. The number of carbonyl (C=O) groups excluding carboxylic acids is 2. The molecule has 0 aromatic carbocycles. The molecule has 2 amide bonds. The summed E-state index contributed by atoms with van der Waals surface area (Å²) in [6.07, 6.45) is 10.5. The quantitative estimate of drug-likeness (QED) is 0.802. The van der Waals surface area contributed by atoms with E-state index in [0.717, 1.165) is 58.5 Å². The highest BCUT2D eigenvalue weighted by Gasteiger charge is 2.46. The van der Waals surface area contributed by atoms with Crippen LogP contribution in [-0.4, -0.2) is 65.1 Å². The third-order valence-electron chi connectivity index (χ3n) is 7.59. The number of aromatic nitrogens is 1. The zero-order valence-electron chi connectivity index (χ0n) is 16.6. The van der Waals surface area contributed by atoms with Crippen LogP contribution in [0.4, 0.5) is 0 Å². The van der Waals surface area contributed by atoms with Crippen molar-refractivity contribution in [1.29, 1.82) is 0 Å². The van der Waals surface area contributed by atoms with Gasteiger partial charge in [-0.2, -0.15) is 0 Å². The van der Waals surface area contributed by atoms with Crippen LogP contribution in [0.5, 0.6) is 0 Å². The van der Waals surface area contributed by atoms with Crippen molar-refractivity contribution in [2.24, 2.45) is 11.8 Å². The molecular weight excluding hydrogens is 354 g/mol. The number of ether oxygens (including phenoxy) is 1. The number of hydrogen-bond acceptors (Lipinski definition) is 3. The second-order valence-corrected chi connectivity index (χ2v) is 9.27. The molecule has 4 aliphatic heterocycles. The molecule has 0 spiro atoms. The zero-order valence-corrected chi connectivity index (χ0v) is 16.6. The van der Waals surface area contributed by atoms with Gasteiger partial charge in [0.1, 0.15) is 0 Å². The molecule has 1 aromatic heterocycles. The van der Waals surface area contributed by atoms with Gasteiger partial charge in [0.05, 0.1) is 12.0 Å². The lowest BCUT2D eigenvalue weighted by molar-refractivity contribution is -0.150. The van der Waals surface area contributed by atoms with Crippen LogP contribution in [0.25, 0.3) is 0 Å². The van der Waals surface area contributed by atoms with Crippen LogP contribution in [0.3, 0.4) is 0 Å². The van der Waals surface area contributed by atoms with E-state index < -0.39 is 0 Å². The molecule has 3 atom stereocenters. The molecule has 6 nitrogen and oxygen atoms in total. The summed E-state index contributed by atoms with van der Waals surface area (Å²) >= 11 is 0. The van der Waals surface area contributed by atoms with Crippen LogP contribution in [0.2, 0.25) is 0 Å². The summed E-state index contributed by atoms with van der Waals surface area (Å²) in [4.78, 5) is 30.0. The SMILES string of the molecule is O=C(CC1(n2cccc2)CCOCC1)N1C[C@H]2C[C@@H](C1)[C@H]1CCCC(=O)N1C2. The molecule has 0 N–H and O–H groups in total. The third-order valence-corrected chi connectivity index (χ3v) is 7.59. The van der Waals surface area contributed by atoms with Gasteiger partial charge in [0.25, 0.3) is 0 Å². The lowest BCUT2D eigenvalue weighted by atomic mass is 9.75. The van der Waals surface area contributed by atoms with E-state index in [-0.39, 0.29) is 11.4 Å². The molecule has 28 heavy (non-hydrogen) atoms. The molecule has 0 saturated carbocycles. The van der Waals surface area contributed by atoms with E-state index in [1.807, 2.05) is 12.1 Å². The van der Waals surface area contributed by atoms with Crippen molar-refractivity contribution in [2.75, 3.05) is 32.8 Å². The molecule has 0 aliphatic carbocycles. The highest BCUT2D eigenvalue weighted by Crippen LogP contribution is 2.39. The monoisotopic (exact) mass is 385 g/mol. The standard InChI is InChI=1S/C22H31N3O3/c26-20-5-3-4-19-18-12-17(15-25(19)20)14-23(16-18)21(27)13-22(6-10-28-11-7-22)24-8-1-2-9-24/h1-2,8-9,17-19H,3-7,10-16H2/t17-,18+,19-/m1/s1. The largest absolute Gasteiger partial charge is 0.381 e. The topological polar surface area (TPSA) is 54.8 Å². The molecule has 5 heterocycles. The van der Waals surface area contributed by atoms with Gasteiger partial charge in [-0.1, -0.05) is 0 Å². The van der Waals surface area contributed by atoms with Crippen molar-refractivity contribution in [3.05, 3.63) is 24.5 Å². The first-order chi connectivity index (χ1) is 13.6. The summed E-state index contributed by atoms with van der Waals surface area (Å²) in [6.45, 7) is 3.91. The van der Waals surface area contributed by atoms with Gasteiger partial charge in [-0.15, -0.1) is 0 Å². The lowest BCUT2D eigenvalue weighted by Crippen LogP contribution is -2.61. The Morgan fingerprint density at radius 3 is 2.71 bits per heavy atom. The van der Waals surface area contributed by atoms with Crippen LogP contribution in [-0.2, 0) is 19.9 Å². The second kappa shape index (κ2) is 7.21. The Hall–Kier alpha value is -1.82. The highest BCUT2D eigenvalue weighted by molar-refractivity contribution is 5.79. The summed E-state index contributed by atoms with van der Waals surface area (Å²) in [5, 5.41) is 0. The van der Waals surface area contributed by atoms with E-state index in [4.69, 9.17) is 4.74 Å². The third kappa shape index (κ3) is 3.15. The summed E-state index contributed by atoms with van der Waals surface area (Å²) in [7, 11) is 0. The average Bonchev–Trinajstić information content (AvgIpc) is 3.25. The molecule has 2 bridgehead atoms. The normalized spacial score (nSPS) is 32.1. The molecule has 0 radical (unpaired) electrons. The molecule has 152 valence electrons. The van der Waals surface area contributed by atoms with E-state index in [2.05, 4.69) is 26.8 Å². The zero-order chi connectivity index (χ0) is 19.1. The Kier molecular flexibility index (Phi) is 4.69. The van der Waals surface area contributed by atoms with Crippen LogP contribution >= 0.6 is 0 Å². The number of rotatable bonds is 3. The second-order valence-electron chi connectivity index (χ2n) is 9.27. The molecule has 0 unspecified atom stereocenters. The smallest absolute Gasteiger partial charge is 0.224 e. The maximum Gasteiger partial charge on any atom is 0.224 e. The highest BCUT2D eigenvalue weighted by atomic mass is 16.5. The first-order valence-corrected chi connectivity index (χ1v) is 10.9. The van der Waals surface area contributed by atoms with Crippen molar-refractivity contribution in [2.45, 2.75) is 56.5 Å². The molecule has 6 heteroatoms. The van der Waals surface area contributed by atoms with Crippen molar-refractivity contribution in [1.82, 2.24) is 14.4 Å². The number of carbonyl (C=O) groups is 2. The first-order valence-electron chi connectivity index (χ1n) is 10.9. The summed E-state index contributed by atoms with van der Waals surface area (Å²) < 4.78 is 7.84. The fourth-order valence-electron chi connectivity index (χ4n) is 6.14. The Bertz CT molecular complexity index is 725. The minimum Gasteiger partial charge on any atom is -0.381 e. The molecule has 4 aliphatic rings. The van der Waals surface area contributed by atoms with Crippen molar-refractivity contribution >= 4 is 11.8 Å². The number of likely N-dealkylation sites (tertiary alicyclic amines) is 1. The van der Waals surface area contributed by atoms with Gasteiger partial charge in [0, 0.05) is 57.7 Å². The summed E-state index contributed by atoms with van der Waals surface area (Å²) in [5.41, 5.74) is -0.155. The van der Waals surface area contributed by atoms with Gasteiger partial charge >= 0.3 is 0 Å². The fourth-order valence-corrected chi connectivity index (χ4v) is 6.14. The van der Waals surface area contributed by atoms with Crippen LogP contribution in [0.1, 0.15) is 44.9 Å². The van der Waals surface area contributed by atoms with Crippen molar-refractivity contribution < 1.29 is 14.3 Å². The van der Waals surface area contributed by atoms with Gasteiger partial charge in [-0.05, 0) is 56.1 Å². The number of piperidine rings is 3. The van der Waals surface area contributed by atoms with Gasteiger partial charge in [0.15, 0.2) is 0 Å². The lowest BCUT2D eigenvalue weighted by Gasteiger charge is -2.52. The summed E-state index contributed by atoms with van der Waals surface area (Å²) in [6, 6.07) is 4.44. The van der Waals surface area contributed by atoms with Crippen molar-refractivity contribution in [3.63, 3.8) is 0 Å². The van der Waals surface area contributed by atoms with Crippen LogP contribution in [0, 0.1) is 11.8 Å². The predicted octanol–water partition coefficient (Wildman–Crippen LogP) is 2.24. The number of fused-ring (bicyclic) bond motifs is 4. The van der Waals surface area contributed by atoms with E-state index in [1.165, 1.54) is 6.42 Å². The Balaban J connectivity index is 1.31. The number of hydrogen-bond donors (Lipinski definition) is 0. The minimum absolute atomic E-state index is 0.155. The van der Waals surface area contributed by atoms with E-state index in [9.17, 15) is 9.59 Å². The summed E-state index contributed by atoms with van der Waals surface area (Å²) in [5.74, 6) is 1.51. The van der Waals surface area contributed by atoms with Gasteiger partial charge in [0.2, 0.25) is 11.8 Å². The van der Waals surface area contributed by atoms with Gasteiger partial charge in [-0.25, -0.2) is 0 Å². The molecule has 1 aromatic rings. The number of nitrogens with zero attached hydrogens (tertiary/aromatic N) is 3. The average molecular weight is 386 g/mol. The van der Waals surface area contributed by atoms with Crippen molar-refractivity contribution in [3.8, 4) is 0 Å². The maximum atomic E-state index is 13.4. The van der Waals surface area contributed by atoms with E-state index in [1.54, 1.807) is 0 Å².